The number of anilines is 2. The zero-order chi connectivity index (χ0) is 24.1. The number of carbonyl (C=O) groups excluding carboxylic acids is 1. The molecule has 0 saturated carbocycles. The average molecular weight is 482 g/mol. The first-order valence-corrected chi connectivity index (χ1v) is 13.6. The van der Waals surface area contributed by atoms with E-state index in [2.05, 4.69) is 10.0 Å². The zero-order valence-corrected chi connectivity index (χ0v) is 20.7. The third-order valence-corrected chi connectivity index (χ3v) is 8.76. The van der Waals surface area contributed by atoms with E-state index < -0.39 is 26.0 Å². The van der Waals surface area contributed by atoms with Crippen molar-refractivity contribution in [2.24, 2.45) is 0 Å². The van der Waals surface area contributed by atoms with Crippen molar-refractivity contribution in [3.8, 4) is 0 Å². The van der Waals surface area contributed by atoms with Gasteiger partial charge in [0.2, 0.25) is 20.0 Å². The van der Waals surface area contributed by atoms with Gasteiger partial charge < -0.3 is 5.32 Å². The van der Waals surface area contributed by atoms with E-state index in [4.69, 9.17) is 0 Å². The number of nitrogens with zero attached hydrogens (tertiary/aromatic N) is 1. The lowest BCUT2D eigenvalue weighted by molar-refractivity contribution is 0.102. The first-order chi connectivity index (χ1) is 15.0. The van der Waals surface area contributed by atoms with Crippen molar-refractivity contribution in [1.29, 1.82) is 0 Å². The van der Waals surface area contributed by atoms with Gasteiger partial charge in [-0.2, -0.15) is 4.31 Å². The summed E-state index contributed by atoms with van der Waals surface area (Å²) in [6.07, 6.45) is 0.483. The second-order valence-electron chi connectivity index (χ2n) is 7.42. The molecule has 0 fully saturated rings. The Morgan fingerprint density at radius 1 is 0.938 bits per heavy atom. The summed E-state index contributed by atoms with van der Waals surface area (Å²) in [6.45, 7) is 9.34. The molecular weight excluding hydrogens is 450 g/mol. The molecule has 10 heteroatoms. The lowest BCUT2D eigenvalue weighted by Gasteiger charge is -2.20. The van der Waals surface area contributed by atoms with E-state index in [0.29, 0.717) is 42.0 Å². The summed E-state index contributed by atoms with van der Waals surface area (Å²) in [6, 6.07) is 9.47. The van der Waals surface area contributed by atoms with Gasteiger partial charge in [0, 0.05) is 24.3 Å². The van der Waals surface area contributed by atoms with Crippen LogP contribution in [-0.4, -0.2) is 45.9 Å². The van der Waals surface area contributed by atoms with Crippen molar-refractivity contribution in [2.75, 3.05) is 28.9 Å². The molecule has 0 atom stereocenters. The van der Waals surface area contributed by atoms with Gasteiger partial charge in [-0.15, -0.1) is 0 Å². The van der Waals surface area contributed by atoms with Crippen molar-refractivity contribution < 1.29 is 21.6 Å². The third-order valence-electron chi connectivity index (χ3n) is 5.09. The number of sulfonamides is 2. The van der Waals surface area contributed by atoms with Crippen molar-refractivity contribution in [2.45, 2.75) is 45.9 Å². The van der Waals surface area contributed by atoms with Crippen LogP contribution >= 0.6 is 0 Å². The van der Waals surface area contributed by atoms with Gasteiger partial charge in [0.1, 0.15) is 0 Å². The van der Waals surface area contributed by atoms with Gasteiger partial charge in [0.05, 0.1) is 16.3 Å². The van der Waals surface area contributed by atoms with Gasteiger partial charge in [0.15, 0.2) is 0 Å². The van der Waals surface area contributed by atoms with E-state index >= 15 is 0 Å². The Morgan fingerprint density at radius 2 is 1.56 bits per heavy atom. The number of aryl methyl sites for hydroxylation is 1. The van der Waals surface area contributed by atoms with Crippen molar-refractivity contribution in [3.63, 3.8) is 0 Å². The molecule has 0 aliphatic carbocycles. The van der Waals surface area contributed by atoms with Crippen LogP contribution in [0.25, 0.3) is 0 Å². The molecule has 2 aromatic rings. The molecule has 0 bridgehead atoms. The minimum atomic E-state index is -3.72. The maximum Gasteiger partial charge on any atom is 0.255 e. The van der Waals surface area contributed by atoms with Crippen LogP contribution in [0, 0.1) is 13.8 Å². The lowest BCUT2D eigenvalue weighted by Crippen LogP contribution is -2.31. The lowest BCUT2D eigenvalue weighted by atomic mass is 10.1. The molecule has 2 rings (SSSR count). The molecule has 0 aliphatic heterocycles. The first-order valence-electron chi connectivity index (χ1n) is 10.5. The Balaban J connectivity index is 2.36. The molecule has 32 heavy (non-hydrogen) atoms. The summed E-state index contributed by atoms with van der Waals surface area (Å²) >= 11 is 0. The van der Waals surface area contributed by atoms with Gasteiger partial charge in [-0.05, 0) is 55.7 Å². The Kier molecular flexibility index (Phi) is 8.44. The Morgan fingerprint density at radius 3 is 2.16 bits per heavy atom. The van der Waals surface area contributed by atoms with E-state index in [1.54, 1.807) is 65.0 Å². The predicted octanol–water partition coefficient (Wildman–Crippen LogP) is 3.74. The zero-order valence-electron chi connectivity index (χ0n) is 19.1. The molecule has 8 nitrogen and oxygen atoms in total. The highest BCUT2D eigenvalue weighted by Crippen LogP contribution is 2.26. The fourth-order valence-electron chi connectivity index (χ4n) is 3.29. The molecule has 0 aromatic heterocycles. The molecule has 0 unspecified atom stereocenters. The summed E-state index contributed by atoms with van der Waals surface area (Å²) in [5, 5.41) is 2.76. The fourth-order valence-corrected chi connectivity index (χ4v) is 6.19. The largest absolute Gasteiger partial charge is 0.322 e. The summed E-state index contributed by atoms with van der Waals surface area (Å²) in [5.74, 6) is -0.492. The van der Waals surface area contributed by atoms with Crippen molar-refractivity contribution in [3.05, 3.63) is 53.1 Å². The number of hydrogen-bond donors (Lipinski definition) is 2. The van der Waals surface area contributed by atoms with Crippen LogP contribution < -0.4 is 10.0 Å². The highest BCUT2D eigenvalue weighted by molar-refractivity contribution is 7.92. The van der Waals surface area contributed by atoms with Gasteiger partial charge >= 0.3 is 0 Å². The second kappa shape index (κ2) is 10.5. The minimum absolute atomic E-state index is 0.00379. The topological polar surface area (TPSA) is 113 Å². The number of rotatable bonds is 10. The van der Waals surface area contributed by atoms with Crippen LogP contribution in [-0.2, 0) is 20.0 Å². The smallest absolute Gasteiger partial charge is 0.255 e. The van der Waals surface area contributed by atoms with E-state index in [0.717, 1.165) is 0 Å². The first kappa shape index (κ1) is 25.8. The van der Waals surface area contributed by atoms with Gasteiger partial charge in [-0.1, -0.05) is 32.9 Å². The number of carbonyl (C=O) groups is 1. The molecule has 0 saturated heterocycles. The SMILES string of the molecule is CCCS(=O)(=O)Nc1cccc(NC(=O)c2ccc(C)c(S(=O)(=O)N(CC)CC)c2)c1C. The maximum atomic E-state index is 13.0. The number of nitrogens with one attached hydrogen (secondary N) is 2. The number of benzene rings is 2. The van der Waals surface area contributed by atoms with Crippen molar-refractivity contribution >= 4 is 37.3 Å². The second-order valence-corrected chi connectivity index (χ2v) is 11.2. The number of hydrogen-bond acceptors (Lipinski definition) is 5. The normalized spacial score (nSPS) is 12.1. The van der Waals surface area contributed by atoms with Crippen LogP contribution in [0.2, 0.25) is 0 Å². The molecule has 2 N–H and O–H groups in total. The summed E-state index contributed by atoms with van der Waals surface area (Å²) < 4.78 is 54.0. The highest BCUT2D eigenvalue weighted by atomic mass is 32.2. The molecule has 0 radical (unpaired) electrons. The molecule has 0 aliphatic rings. The standard InChI is InChI=1S/C22H31N3O5S2/c1-6-14-31(27,28)24-20-11-9-10-19(17(20)5)23-22(26)18-13-12-16(4)21(15-18)32(29,30)25(7-2)8-3/h9-13,15,24H,6-8,14H2,1-5H3,(H,23,26). The summed E-state index contributed by atoms with van der Waals surface area (Å²) in [5.41, 5.74) is 2.11. The van der Waals surface area contributed by atoms with Crippen LogP contribution in [0.5, 0.6) is 0 Å². The molecule has 176 valence electrons. The monoisotopic (exact) mass is 481 g/mol. The molecule has 0 heterocycles. The average Bonchev–Trinajstić information content (AvgIpc) is 2.71. The molecule has 0 spiro atoms. The predicted molar refractivity (Wildman–Crippen MR) is 128 cm³/mol. The third kappa shape index (κ3) is 5.87. The minimum Gasteiger partial charge on any atom is -0.322 e. The fraction of sp³-hybridized carbons (Fsp3) is 0.409. The quantitative estimate of drug-likeness (QED) is 0.537. The number of amides is 1. The van der Waals surface area contributed by atoms with Crippen molar-refractivity contribution in [1.82, 2.24) is 4.31 Å². The summed E-state index contributed by atoms with van der Waals surface area (Å²) in [7, 11) is -7.20. The Labute approximate surface area is 191 Å². The van der Waals surface area contributed by atoms with E-state index in [-0.39, 0.29) is 16.2 Å². The maximum absolute atomic E-state index is 13.0. The summed E-state index contributed by atoms with van der Waals surface area (Å²) in [4.78, 5) is 13.0. The van der Waals surface area contributed by atoms with Crippen LogP contribution in [0.15, 0.2) is 41.3 Å². The van der Waals surface area contributed by atoms with E-state index in [1.165, 1.54) is 10.4 Å². The van der Waals surface area contributed by atoms with Crippen LogP contribution in [0.4, 0.5) is 11.4 Å². The van der Waals surface area contributed by atoms with Gasteiger partial charge in [-0.3, -0.25) is 9.52 Å². The van der Waals surface area contributed by atoms with E-state index in [1.807, 2.05) is 0 Å². The molecule has 2 aromatic carbocycles. The van der Waals surface area contributed by atoms with Crippen LogP contribution in [0.3, 0.4) is 0 Å². The van der Waals surface area contributed by atoms with Gasteiger partial charge in [-0.25, -0.2) is 16.8 Å². The Bertz CT molecular complexity index is 1190. The molecule has 1 amide bonds. The highest BCUT2D eigenvalue weighted by Gasteiger charge is 2.25. The van der Waals surface area contributed by atoms with E-state index in [9.17, 15) is 21.6 Å². The van der Waals surface area contributed by atoms with Gasteiger partial charge in [0.25, 0.3) is 5.91 Å². The van der Waals surface area contributed by atoms with Crippen LogP contribution in [0.1, 0.15) is 48.7 Å². The molecular formula is C22H31N3O5S2. The Hall–Kier alpha value is -2.43.